The average Bonchev–Trinajstić information content (AvgIpc) is 2.91. The summed E-state index contributed by atoms with van der Waals surface area (Å²) in [5, 5.41) is 11.8. The zero-order valence-electron chi connectivity index (χ0n) is 10.4. The summed E-state index contributed by atoms with van der Waals surface area (Å²) in [7, 11) is 0. The fraction of sp³-hybridized carbons (Fsp3) is 0.214. The Bertz CT molecular complexity index is 746. The molecule has 0 spiro atoms. The van der Waals surface area contributed by atoms with Gasteiger partial charge in [0, 0.05) is 30.2 Å². The van der Waals surface area contributed by atoms with Crippen molar-refractivity contribution in [3.63, 3.8) is 0 Å². The lowest BCUT2D eigenvalue weighted by Crippen LogP contribution is -2.11. The highest BCUT2D eigenvalue weighted by atomic mass is 15.3. The van der Waals surface area contributed by atoms with E-state index in [0.717, 1.165) is 24.4 Å². The molecule has 0 aliphatic carbocycles. The molecule has 19 heavy (non-hydrogen) atoms. The molecule has 0 bridgehead atoms. The first-order valence-electron chi connectivity index (χ1n) is 6.45. The molecule has 1 aromatic carbocycles. The Balaban J connectivity index is 1.88. The van der Waals surface area contributed by atoms with Gasteiger partial charge in [-0.05, 0) is 42.7 Å². The molecule has 1 aliphatic rings. The number of hydrogen-bond acceptors (Lipinski definition) is 4. The van der Waals surface area contributed by atoms with Gasteiger partial charge in [-0.1, -0.05) is 0 Å². The highest BCUT2D eigenvalue weighted by Crippen LogP contribution is 2.27. The van der Waals surface area contributed by atoms with Crippen molar-refractivity contribution in [1.82, 2.24) is 19.6 Å². The maximum absolute atomic E-state index is 4.24. The molecule has 0 unspecified atom stereocenters. The predicted octanol–water partition coefficient (Wildman–Crippen LogP) is 2.15. The molecular formula is C14H13N5. The van der Waals surface area contributed by atoms with Gasteiger partial charge in [-0.25, -0.2) is 4.98 Å². The summed E-state index contributed by atoms with van der Waals surface area (Å²) in [5.74, 6) is 1.48. The minimum atomic E-state index is 0.633. The van der Waals surface area contributed by atoms with Crippen molar-refractivity contribution in [2.45, 2.75) is 12.8 Å². The van der Waals surface area contributed by atoms with Gasteiger partial charge in [0.05, 0.1) is 0 Å². The molecule has 2 aromatic heterocycles. The zero-order valence-corrected chi connectivity index (χ0v) is 10.4. The van der Waals surface area contributed by atoms with Crippen LogP contribution >= 0.6 is 0 Å². The first-order chi connectivity index (χ1) is 9.42. The number of benzene rings is 1. The maximum Gasteiger partial charge on any atom is 0.255 e. The lowest BCUT2D eigenvalue weighted by atomic mass is 10.0. The number of nitrogens with zero attached hydrogens (tertiary/aromatic N) is 4. The SMILES string of the molecule is c1cnc2nnc(-c3ccc4c(c3)CCCN4)n2c1. The van der Waals surface area contributed by atoms with Gasteiger partial charge >= 0.3 is 0 Å². The van der Waals surface area contributed by atoms with Gasteiger partial charge in [-0.2, -0.15) is 0 Å². The molecule has 4 rings (SSSR count). The van der Waals surface area contributed by atoms with E-state index in [0.29, 0.717) is 5.78 Å². The van der Waals surface area contributed by atoms with Crippen LogP contribution in [0, 0.1) is 0 Å². The minimum absolute atomic E-state index is 0.633. The summed E-state index contributed by atoms with van der Waals surface area (Å²) in [4.78, 5) is 4.19. The molecule has 3 aromatic rings. The van der Waals surface area contributed by atoms with Gasteiger partial charge in [0.15, 0.2) is 5.82 Å². The van der Waals surface area contributed by atoms with Gasteiger partial charge < -0.3 is 5.32 Å². The molecule has 94 valence electrons. The Morgan fingerprint density at radius 3 is 3.21 bits per heavy atom. The Morgan fingerprint density at radius 2 is 2.21 bits per heavy atom. The number of rotatable bonds is 1. The molecule has 1 aliphatic heterocycles. The number of anilines is 1. The first-order valence-corrected chi connectivity index (χ1v) is 6.45. The van der Waals surface area contributed by atoms with E-state index in [1.165, 1.54) is 17.7 Å². The van der Waals surface area contributed by atoms with E-state index < -0.39 is 0 Å². The maximum atomic E-state index is 4.24. The van der Waals surface area contributed by atoms with Crippen molar-refractivity contribution in [3.8, 4) is 11.4 Å². The van der Waals surface area contributed by atoms with Crippen molar-refractivity contribution in [3.05, 3.63) is 42.2 Å². The predicted molar refractivity (Wildman–Crippen MR) is 73.0 cm³/mol. The summed E-state index contributed by atoms with van der Waals surface area (Å²) in [5.41, 5.74) is 3.68. The molecule has 0 fully saturated rings. The molecular weight excluding hydrogens is 238 g/mol. The monoisotopic (exact) mass is 251 g/mol. The molecule has 5 heteroatoms. The number of fused-ring (bicyclic) bond motifs is 2. The average molecular weight is 251 g/mol. The van der Waals surface area contributed by atoms with Crippen LogP contribution in [0.1, 0.15) is 12.0 Å². The van der Waals surface area contributed by atoms with E-state index in [1.54, 1.807) is 6.20 Å². The summed E-state index contributed by atoms with van der Waals surface area (Å²) in [6.07, 6.45) is 5.96. The van der Waals surface area contributed by atoms with E-state index in [1.807, 2.05) is 16.7 Å². The van der Waals surface area contributed by atoms with E-state index in [-0.39, 0.29) is 0 Å². The lowest BCUT2D eigenvalue weighted by Gasteiger charge is -2.18. The van der Waals surface area contributed by atoms with Crippen LogP contribution in [0.2, 0.25) is 0 Å². The van der Waals surface area contributed by atoms with Crippen LogP contribution in [-0.2, 0) is 6.42 Å². The van der Waals surface area contributed by atoms with Gasteiger partial charge in [-0.3, -0.25) is 4.40 Å². The van der Waals surface area contributed by atoms with Crippen molar-refractivity contribution in [2.24, 2.45) is 0 Å². The number of nitrogens with one attached hydrogen (secondary N) is 1. The molecule has 5 nitrogen and oxygen atoms in total. The van der Waals surface area contributed by atoms with Gasteiger partial charge in [0.25, 0.3) is 5.78 Å². The van der Waals surface area contributed by atoms with Gasteiger partial charge in [0.1, 0.15) is 0 Å². The van der Waals surface area contributed by atoms with Crippen LogP contribution < -0.4 is 5.32 Å². The lowest BCUT2D eigenvalue weighted by molar-refractivity contribution is 0.830. The Hall–Kier alpha value is -2.43. The fourth-order valence-corrected chi connectivity index (χ4v) is 2.55. The molecule has 3 heterocycles. The van der Waals surface area contributed by atoms with E-state index in [4.69, 9.17) is 0 Å². The number of aryl methyl sites for hydroxylation is 1. The topological polar surface area (TPSA) is 55.1 Å². The second-order valence-electron chi connectivity index (χ2n) is 4.72. The van der Waals surface area contributed by atoms with Crippen LogP contribution in [0.4, 0.5) is 5.69 Å². The smallest absolute Gasteiger partial charge is 0.255 e. The van der Waals surface area contributed by atoms with E-state index in [9.17, 15) is 0 Å². The van der Waals surface area contributed by atoms with Crippen molar-refractivity contribution in [1.29, 1.82) is 0 Å². The Labute approximate surface area is 110 Å². The highest BCUT2D eigenvalue weighted by Gasteiger charge is 2.13. The fourth-order valence-electron chi connectivity index (χ4n) is 2.55. The molecule has 0 atom stereocenters. The van der Waals surface area contributed by atoms with Gasteiger partial charge in [-0.15, -0.1) is 10.2 Å². The number of hydrogen-bond donors (Lipinski definition) is 1. The molecule has 0 amide bonds. The molecule has 0 radical (unpaired) electrons. The normalized spacial score (nSPS) is 14.1. The summed E-state index contributed by atoms with van der Waals surface area (Å²) >= 11 is 0. The Kier molecular flexibility index (Phi) is 2.24. The van der Waals surface area contributed by atoms with E-state index in [2.05, 4.69) is 38.7 Å². The third kappa shape index (κ3) is 1.66. The highest BCUT2D eigenvalue weighted by molar-refractivity contribution is 5.65. The largest absolute Gasteiger partial charge is 0.385 e. The van der Waals surface area contributed by atoms with E-state index >= 15 is 0 Å². The summed E-state index contributed by atoms with van der Waals surface area (Å²) < 4.78 is 1.91. The van der Waals surface area contributed by atoms with Crippen LogP contribution in [0.3, 0.4) is 0 Å². The van der Waals surface area contributed by atoms with Crippen LogP contribution in [-0.4, -0.2) is 26.1 Å². The van der Waals surface area contributed by atoms with Crippen LogP contribution in [0.25, 0.3) is 17.2 Å². The van der Waals surface area contributed by atoms with Crippen molar-refractivity contribution >= 4 is 11.5 Å². The second-order valence-corrected chi connectivity index (χ2v) is 4.72. The molecule has 0 saturated heterocycles. The third-order valence-electron chi connectivity index (χ3n) is 3.49. The first kappa shape index (κ1) is 10.5. The molecule has 0 saturated carbocycles. The summed E-state index contributed by atoms with van der Waals surface area (Å²) in [6.45, 7) is 1.06. The number of aromatic nitrogens is 4. The molecule has 1 N–H and O–H groups in total. The zero-order chi connectivity index (χ0) is 12.7. The quantitative estimate of drug-likeness (QED) is 0.720. The minimum Gasteiger partial charge on any atom is -0.385 e. The standard InChI is InChI=1S/C14H13N5/c1-3-10-9-11(4-5-12(10)15-6-1)13-17-18-14-16-7-2-8-19(13)14/h2,4-5,7-9,15H,1,3,6H2. The Morgan fingerprint density at radius 1 is 1.21 bits per heavy atom. The third-order valence-corrected chi connectivity index (χ3v) is 3.49. The van der Waals surface area contributed by atoms with Gasteiger partial charge in [0.2, 0.25) is 0 Å². The van der Waals surface area contributed by atoms with Crippen LogP contribution in [0.5, 0.6) is 0 Å². The van der Waals surface area contributed by atoms with Crippen LogP contribution in [0.15, 0.2) is 36.7 Å². The second kappa shape index (κ2) is 4.05. The summed E-state index contributed by atoms with van der Waals surface area (Å²) in [6, 6.07) is 8.30. The van der Waals surface area contributed by atoms with Crippen molar-refractivity contribution in [2.75, 3.05) is 11.9 Å². The van der Waals surface area contributed by atoms with Crippen molar-refractivity contribution < 1.29 is 0 Å².